The number of rotatable bonds is 8. The molecule has 0 atom stereocenters. The summed E-state index contributed by atoms with van der Waals surface area (Å²) in [6.45, 7) is -1.62. The van der Waals surface area contributed by atoms with E-state index in [0.29, 0.717) is 11.5 Å². The van der Waals surface area contributed by atoms with Gasteiger partial charge in [-0.25, -0.2) is 0 Å². The smallest absolute Gasteiger partial charge is 0.418 e. The third-order valence-corrected chi connectivity index (χ3v) is 3.93. The molecule has 0 fully saturated rings. The molecule has 2 aromatic carbocycles. The Hall–Kier alpha value is -1.73. The fourth-order valence-corrected chi connectivity index (χ4v) is 2.10. The molecule has 0 bridgehead atoms. The van der Waals surface area contributed by atoms with Gasteiger partial charge in [-0.3, -0.25) is 0 Å². The molecule has 0 aliphatic rings. The lowest BCUT2D eigenvalue weighted by Crippen LogP contribution is -2.37. The predicted octanol–water partition coefficient (Wildman–Crippen LogP) is 1.31. The van der Waals surface area contributed by atoms with Crippen LogP contribution in [0.4, 0.5) is 0 Å². The van der Waals surface area contributed by atoms with E-state index in [1.165, 1.54) is 0 Å². The van der Waals surface area contributed by atoms with Crippen molar-refractivity contribution in [2.75, 3.05) is 26.4 Å². The van der Waals surface area contributed by atoms with Crippen LogP contribution in [-0.2, 0) is 0 Å². The van der Waals surface area contributed by atoms with E-state index in [2.05, 4.69) is 0 Å². The highest BCUT2D eigenvalue weighted by molar-refractivity contribution is 7.41. The summed E-state index contributed by atoms with van der Waals surface area (Å²) in [6.07, 6.45) is 0. The highest BCUT2D eigenvalue weighted by Gasteiger charge is 2.26. The van der Waals surface area contributed by atoms with Gasteiger partial charge in [-0.05, 0) is 24.3 Å². The minimum Gasteiger partial charge on any atom is -0.418 e. The molecule has 0 unspecified atom stereocenters. The molecule has 2 aromatic rings. The first-order chi connectivity index (χ1) is 12.1. The number of benzene rings is 2. The van der Waals surface area contributed by atoms with E-state index < -0.39 is 40.4 Å². The molecule has 5 N–H and O–H groups in total. The molecule has 0 aliphatic heterocycles. The van der Waals surface area contributed by atoms with Gasteiger partial charge in [0.05, 0.1) is 31.8 Å². The molecule has 2 rings (SSSR count). The van der Waals surface area contributed by atoms with Gasteiger partial charge in [0.1, 0.15) is 11.5 Å². The molecule has 0 saturated carbocycles. The lowest BCUT2D eigenvalue weighted by molar-refractivity contribution is -0.0328. The third kappa shape index (κ3) is 7.79. The van der Waals surface area contributed by atoms with Gasteiger partial charge < -0.3 is 34.4 Å². The first kappa shape index (κ1) is 21.3. The average Bonchev–Trinajstić information content (AvgIpc) is 2.66. The van der Waals surface area contributed by atoms with Crippen molar-refractivity contribution in [2.45, 2.75) is 0 Å². The average molecular weight is 370 g/mol. The van der Waals surface area contributed by atoms with Crippen LogP contribution in [0.25, 0.3) is 0 Å². The van der Waals surface area contributed by atoms with E-state index in [1.54, 1.807) is 24.3 Å². The van der Waals surface area contributed by atoms with Gasteiger partial charge in [0.15, 0.2) is 0 Å². The van der Waals surface area contributed by atoms with Crippen LogP contribution in [0.1, 0.15) is 0 Å². The van der Waals surface area contributed by atoms with Crippen molar-refractivity contribution in [1.29, 1.82) is 0 Å². The van der Waals surface area contributed by atoms with E-state index in [9.17, 15) is 4.89 Å². The van der Waals surface area contributed by atoms with E-state index in [0.717, 1.165) is 0 Å². The Labute approximate surface area is 147 Å². The Morgan fingerprint density at radius 3 is 1.20 bits per heavy atom. The Morgan fingerprint density at radius 1 is 0.640 bits per heavy atom. The number of para-hydroxylation sites is 2. The van der Waals surface area contributed by atoms with Crippen molar-refractivity contribution in [3.63, 3.8) is 0 Å². The number of aliphatic hydroxyl groups is 4. The maximum absolute atomic E-state index is 9.58. The molecular formula is C17H23O7P. The maximum atomic E-state index is 9.58. The summed E-state index contributed by atoms with van der Waals surface area (Å²) in [5.74, 6) is 1.18. The normalized spacial score (nSPS) is 10.8. The molecule has 0 spiro atoms. The molecule has 138 valence electrons. The second-order valence-corrected chi connectivity index (χ2v) is 6.02. The highest BCUT2D eigenvalue weighted by Crippen LogP contribution is 2.35. The van der Waals surface area contributed by atoms with Crippen molar-refractivity contribution in [3.8, 4) is 11.5 Å². The van der Waals surface area contributed by atoms with Crippen LogP contribution in [0.5, 0.6) is 11.5 Å². The van der Waals surface area contributed by atoms with Crippen LogP contribution in [0.15, 0.2) is 60.7 Å². The Morgan fingerprint density at radius 2 is 0.960 bits per heavy atom. The van der Waals surface area contributed by atoms with Crippen LogP contribution >= 0.6 is 8.60 Å². The SMILES string of the molecule is OCC(CO)(CO)CO.OP(Oc1ccccc1)Oc1ccccc1. The zero-order valence-electron chi connectivity index (χ0n) is 13.6. The molecule has 0 heterocycles. The predicted molar refractivity (Wildman–Crippen MR) is 94.1 cm³/mol. The number of hydrogen-bond acceptors (Lipinski definition) is 7. The van der Waals surface area contributed by atoms with E-state index in [4.69, 9.17) is 29.5 Å². The van der Waals surface area contributed by atoms with Gasteiger partial charge in [0.25, 0.3) is 0 Å². The van der Waals surface area contributed by atoms with Crippen LogP contribution in [-0.4, -0.2) is 51.7 Å². The van der Waals surface area contributed by atoms with Crippen molar-refractivity contribution in [2.24, 2.45) is 5.41 Å². The molecular weight excluding hydrogens is 347 g/mol. The third-order valence-electron chi connectivity index (χ3n) is 3.20. The van der Waals surface area contributed by atoms with Gasteiger partial charge in [0.2, 0.25) is 0 Å². The molecule has 0 amide bonds. The van der Waals surface area contributed by atoms with Crippen LogP contribution < -0.4 is 9.05 Å². The minimum atomic E-state index is -1.93. The van der Waals surface area contributed by atoms with E-state index in [1.807, 2.05) is 36.4 Å². The molecule has 0 radical (unpaired) electrons. The summed E-state index contributed by atoms with van der Waals surface area (Å²) in [5, 5.41) is 34.0. The summed E-state index contributed by atoms with van der Waals surface area (Å²) in [7, 11) is -1.93. The molecule has 0 saturated heterocycles. The van der Waals surface area contributed by atoms with Gasteiger partial charge in [-0.1, -0.05) is 36.4 Å². The van der Waals surface area contributed by atoms with Crippen molar-refractivity contribution < 1.29 is 34.4 Å². The monoisotopic (exact) mass is 370 g/mol. The minimum absolute atomic E-state index is 0.406. The summed E-state index contributed by atoms with van der Waals surface area (Å²) in [4.78, 5) is 9.58. The number of aliphatic hydroxyl groups excluding tert-OH is 4. The van der Waals surface area contributed by atoms with Gasteiger partial charge in [-0.2, -0.15) is 0 Å². The largest absolute Gasteiger partial charge is 0.460 e. The van der Waals surface area contributed by atoms with Gasteiger partial charge in [-0.15, -0.1) is 0 Å². The van der Waals surface area contributed by atoms with Crippen molar-refractivity contribution >= 4 is 8.60 Å². The van der Waals surface area contributed by atoms with Crippen molar-refractivity contribution in [3.05, 3.63) is 60.7 Å². The zero-order chi connectivity index (χ0) is 18.5. The van der Waals surface area contributed by atoms with E-state index >= 15 is 0 Å². The first-order valence-corrected chi connectivity index (χ1v) is 8.60. The van der Waals surface area contributed by atoms with Crippen LogP contribution in [0.3, 0.4) is 0 Å². The Bertz CT molecular complexity index is 505. The number of hydrogen-bond donors (Lipinski definition) is 5. The Balaban J connectivity index is 0.000000299. The van der Waals surface area contributed by atoms with Crippen LogP contribution in [0.2, 0.25) is 0 Å². The summed E-state index contributed by atoms with van der Waals surface area (Å²) >= 11 is 0. The lowest BCUT2D eigenvalue weighted by atomic mass is 9.93. The molecule has 0 aromatic heterocycles. The summed E-state index contributed by atoms with van der Waals surface area (Å²) < 4.78 is 10.4. The fraction of sp³-hybridized carbons (Fsp3) is 0.294. The standard InChI is InChI=1S/C12H11O3P.C5H12O4/c13-16(14-11-7-3-1-4-8-11)15-12-9-5-2-6-10-12;6-1-5(2-7,3-8)4-9/h1-10,13H;6-9H,1-4H2. The molecule has 25 heavy (non-hydrogen) atoms. The lowest BCUT2D eigenvalue weighted by Gasteiger charge is -2.23. The zero-order valence-corrected chi connectivity index (χ0v) is 14.5. The summed E-state index contributed by atoms with van der Waals surface area (Å²) in [6, 6.07) is 18.2. The highest BCUT2D eigenvalue weighted by atomic mass is 31.2. The van der Waals surface area contributed by atoms with Crippen LogP contribution in [0, 0.1) is 5.41 Å². The Kier molecular flexibility index (Phi) is 10.0. The van der Waals surface area contributed by atoms with E-state index in [-0.39, 0.29) is 0 Å². The van der Waals surface area contributed by atoms with Gasteiger partial charge >= 0.3 is 8.60 Å². The second-order valence-electron chi connectivity index (χ2n) is 5.18. The molecule has 0 aliphatic carbocycles. The summed E-state index contributed by atoms with van der Waals surface area (Å²) in [5.41, 5.74) is -1.11. The molecule has 8 heteroatoms. The molecule has 7 nitrogen and oxygen atoms in total. The first-order valence-electron chi connectivity index (χ1n) is 7.47. The van der Waals surface area contributed by atoms with Crippen molar-refractivity contribution in [1.82, 2.24) is 0 Å². The topological polar surface area (TPSA) is 120 Å². The quantitative estimate of drug-likeness (QED) is 0.444. The second kappa shape index (κ2) is 11.8. The van der Waals surface area contributed by atoms with Gasteiger partial charge in [0, 0.05) is 0 Å². The maximum Gasteiger partial charge on any atom is 0.460 e. The fourth-order valence-electron chi connectivity index (χ4n) is 1.46.